The van der Waals surface area contributed by atoms with Crippen LogP contribution in [0.5, 0.6) is 0 Å². The Morgan fingerprint density at radius 2 is 1.59 bits per heavy atom. The summed E-state index contributed by atoms with van der Waals surface area (Å²) in [6.07, 6.45) is -6.15. The second kappa shape index (κ2) is 16.7. The van der Waals surface area contributed by atoms with E-state index in [1.807, 2.05) is 81.4 Å². The third kappa shape index (κ3) is 8.70. The molecule has 2 N–H and O–H groups in total. The molecule has 0 spiro atoms. The van der Waals surface area contributed by atoms with Crippen molar-refractivity contribution in [3.05, 3.63) is 117 Å². The van der Waals surface area contributed by atoms with Gasteiger partial charge in [-0.3, -0.25) is 38.8 Å². The first kappa shape index (κ1) is 43.3. The molecule has 1 amide bonds. The van der Waals surface area contributed by atoms with Gasteiger partial charge >= 0.3 is 15.6 Å². The third-order valence-electron chi connectivity index (χ3n) is 9.78. The highest BCUT2D eigenvalue weighted by atomic mass is 32.2. The van der Waals surface area contributed by atoms with Crippen LogP contribution in [0, 0.1) is 16.0 Å². The monoisotopic (exact) mass is 858 g/mol. The maximum atomic E-state index is 14.1. The minimum atomic E-state index is -6.36. The molecule has 1 fully saturated rings. The Hall–Kier alpha value is -5.32. The number of alkyl halides is 3. The van der Waals surface area contributed by atoms with Gasteiger partial charge in [-0.25, -0.2) is 4.98 Å². The average Bonchev–Trinajstić information content (AvgIpc) is 3.75. The van der Waals surface area contributed by atoms with Crippen molar-refractivity contribution in [1.82, 2.24) is 19.5 Å². The van der Waals surface area contributed by atoms with Crippen LogP contribution in [-0.4, -0.2) is 77.5 Å². The molecule has 4 atom stereocenters. The normalized spacial score (nSPS) is 19.0. The van der Waals surface area contributed by atoms with Crippen LogP contribution in [0.2, 0.25) is 5.04 Å². The number of benzene rings is 3. The number of aromatic amines is 1. The number of carbonyl (C=O) groups excluding carboxylic acids is 1. The molecular weight excluding hydrogens is 818 g/mol. The summed E-state index contributed by atoms with van der Waals surface area (Å²) < 4.78 is 93.8. The number of fused-ring (bicyclic) bond motifs is 1. The number of ether oxygens (including phenoxy) is 2. The largest absolute Gasteiger partial charge is 0.523 e. The van der Waals surface area contributed by atoms with Crippen LogP contribution in [0.15, 0.2) is 96.1 Å². The van der Waals surface area contributed by atoms with Crippen molar-refractivity contribution in [3.63, 3.8) is 0 Å². The minimum absolute atomic E-state index is 0.00978. The van der Waals surface area contributed by atoms with E-state index in [1.54, 1.807) is 13.8 Å². The fraction of sp³-hybridized carbons (Fsp3) is 0.368. The Kier molecular flexibility index (Phi) is 12.3. The molecule has 3 heterocycles. The predicted octanol–water partition coefficient (Wildman–Crippen LogP) is 4.92. The van der Waals surface area contributed by atoms with E-state index in [1.165, 1.54) is 24.3 Å². The number of hydrogen-bond donors (Lipinski definition) is 2. The van der Waals surface area contributed by atoms with Gasteiger partial charge in [0, 0.05) is 12.0 Å². The molecule has 5 aromatic rings. The Labute approximate surface area is 337 Å². The maximum absolute atomic E-state index is 14.1. The number of imidazole rings is 1. The van der Waals surface area contributed by atoms with E-state index >= 15 is 0 Å². The molecule has 0 unspecified atom stereocenters. The number of nitrogens with one attached hydrogen (secondary N) is 2. The van der Waals surface area contributed by atoms with Crippen molar-refractivity contribution in [2.75, 3.05) is 11.9 Å². The molecule has 0 saturated carbocycles. The number of amides is 1. The lowest BCUT2D eigenvalue weighted by atomic mass is 10.1. The highest BCUT2D eigenvalue weighted by molar-refractivity contribution is 7.87. The number of aromatic nitrogens is 4. The smallest absolute Gasteiger partial charge is 0.405 e. The van der Waals surface area contributed by atoms with Gasteiger partial charge < -0.3 is 13.9 Å². The van der Waals surface area contributed by atoms with Gasteiger partial charge in [0.25, 0.3) is 19.6 Å². The highest BCUT2D eigenvalue weighted by Gasteiger charge is 2.57. The number of nitrogens with zero attached hydrogens (tertiary/aromatic N) is 4. The number of rotatable bonds is 14. The zero-order valence-corrected chi connectivity index (χ0v) is 34.2. The number of nitro benzene ring substituents is 1. The van der Waals surface area contributed by atoms with E-state index < -0.39 is 89.0 Å². The number of nitro groups is 1. The van der Waals surface area contributed by atoms with Crippen LogP contribution in [0.1, 0.15) is 46.4 Å². The van der Waals surface area contributed by atoms with Gasteiger partial charge in [0.1, 0.15) is 18.3 Å². The molecule has 6 rings (SSSR count). The lowest BCUT2D eigenvalue weighted by Crippen LogP contribution is -2.67. The summed E-state index contributed by atoms with van der Waals surface area (Å²) in [6.45, 7) is 7.88. The van der Waals surface area contributed by atoms with Crippen LogP contribution < -0.4 is 21.2 Å². The van der Waals surface area contributed by atoms with Crippen LogP contribution in [0.3, 0.4) is 0 Å². The van der Waals surface area contributed by atoms with Crippen LogP contribution in [0.25, 0.3) is 11.2 Å². The van der Waals surface area contributed by atoms with Gasteiger partial charge in [-0.2, -0.15) is 26.6 Å². The summed E-state index contributed by atoms with van der Waals surface area (Å²) >= 11 is 0. The van der Waals surface area contributed by atoms with Crippen molar-refractivity contribution in [1.29, 1.82) is 0 Å². The molecule has 0 aliphatic carbocycles. The summed E-state index contributed by atoms with van der Waals surface area (Å²) in [6, 6.07) is 23.8. The SMILES string of the molecule is CC(C)C(=O)Nc1nc2c(ncn2[C@@H]2O[C@H](CO[Si](c3ccccc3)(c3ccccc3)C(C)(C)C)[C@@H](OS(=O)(=O)C(F)(F)F)[C@H]2OCc2ccccc2[N+](=O)[O-])c(=O)[nH]1. The van der Waals surface area contributed by atoms with E-state index in [-0.39, 0.29) is 28.4 Å². The first-order chi connectivity index (χ1) is 27.7. The molecule has 2 aromatic heterocycles. The van der Waals surface area contributed by atoms with E-state index in [4.69, 9.17) is 18.1 Å². The van der Waals surface area contributed by atoms with Gasteiger partial charge in [-0.1, -0.05) is 107 Å². The molecule has 3 aromatic carbocycles. The molecule has 16 nitrogen and oxygen atoms in total. The molecule has 59 heavy (non-hydrogen) atoms. The third-order valence-corrected chi connectivity index (χ3v) is 15.8. The highest BCUT2D eigenvalue weighted by Crippen LogP contribution is 2.42. The number of hydrogen-bond acceptors (Lipinski definition) is 12. The molecule has 0 bridgehead atoms. The van der Waals surface area contributed by atoms with E-state index in [2.05, 4.69) is 20.3 Å². The predicted molar refractivity (Wildman–Crippen MR) is 211 cm³/mol. The molecule has 1 aliphatic heterocycles. The molecule has 314 valence electrons. The topological polar surface area (TPSA) is 207 Å². The zero-order chi connectivity index (χ0) is 42.9. The van der Waals surface area contributed by atoms with Gasteiger partial charge in [0.2, 0.25) is 11.9 Å². The summed E-state index contributed by atoms with van der Waals surface area (Å²) in [5.74, 6) is -1.33. The summed E-state index contributed by atoms with van der Waals surface area (Å²) in [5, 5.41) is 15.3. The van der Waals surface area contributed by atoms with Crippen molar-refractivity contribution in [2.24, 2.45) is 5.92 Å². The summed E-state index contributed by atoms with van der Waals surface area (Å²) in [7, 11) is -9.83. The molecule has 1 saturated heterocycles. The molecule has 0 radical (unpaired) electrons. The Bertz CT molecular complexity index is 2440. The molecule has 1 aliphatic rings. The quantitative estimate of drug-likeness (QED) is 0.0502. The van der Waals surface area contributed by atoms with Crippen molar-refractivity contribution < 1.29 is 49.4 Å². The number of halogens is 3. The summed E-state index contributed by atoms with van der Waals surface area (Å²) in [5.41, 5.74) is -7.60. The first-order valence-corrected chi connectivity index (χ1v) is 21.6. The molecular formula is C38H41F3N6O10SSi. The first-order valence-electron chi connectivity index (χ1n) is 18.3. The second-order valence-corrected chi connectivity index (χ2v) is 20.9. The Balaban J connectivity index is 1.51. The van der Waals surface area contributed by atoms with E-state index in [0.29, 0.717) is 0 Å². The second-order valence-electron chi connectivity index (χ2n) is 15.0. The van der Waals surface area contributed by atoms with Gasteiger partial charge in [-0.05, 0) is 21.5 Å². The van der Waals surface area contributed by atoms with Crippen molar-refractivity contribution in [2.45, 2.75) is 76.3 Å². The minimum Gasteiger partial charge on any atom is -0.405 e. The number of carbonyl (C=O) groups is 1. The van der Waals surface area contributed by atoms with Crippen molar-refractivity contribution in [3.8, 4) is 0 Å². The standard InChI is InChI=1S/C38H41F3N6O10SSi/c1-23(2)33(48)44-36-43-32-29(34(49)45-36)42-22-46(32)35-31(54-20-24-14-12-13-19-27(24)47(50)51)30(57-58(52,53)38(39,40)41)28(56-35)21-55-59(37(3,4)5,25-15-8-6-9-16-25)26-17-10-7-11-18-26/h6-19,22-23,28,30-31,35H,20-21H2,1-5H3,(H2,43,44,45,48,49)/t28-,30-,31-,35-/m1/s1. The zero-order valence-electron chi connectivity index (χ0n) is 32.4. The van der Waals surface area contributed by atoms with Gasteiger partial charge in [0.05, 0.1) is 30.0 Å². The van der Waals surface area contributed by atoms with Crippen LogP contribution in [0.4, 0.5) is 24.8 Å². The maximum Gasteiger partial charge on any atom is 0.523 e. The fourth-order valence-electron chi connectivity index (χ4n) is 6.96. The number of anilines is 1. The van der Waals surface area contributed by atoms with Gasteiger partial charge in [0.15, 0.2) is 17.4 Å². The Morgan fingerprint density at radius 1 is 1.00 bits per heavy atom. The lowest BCUT2D eigenvalue weighted by Gasteiger charge is -2.43. The molecule has 21 heteroatoms. The summed E-state index contributed by atoms with van der Waals surface area (Å²) in [4.78, 5) is 47.8. The van der Waals surface area contributed by atoms with E-state index in [9.17, 15) is 41.3 Å². The average molecular weight is 859 g/mol. The van der Waals surface area contributed by atoms with Crippen LogP contribution in [-0.2, 0) is 39.6 Å². The number of para-hydroxylation sites is 1. The Morgan fingerprint density at radius 3 is 2.15 bits per heavy atom. The van der Waals surface area contributed by atoms with E-state index in [0.717, 1.165) is 21.3 Å². The van der Waals surface area contributed by atoms with Gasteiger partial charge in [-0.15, -0.1) is 0 Å². The fourth-order valence-corrected chi connectivity index (χ4v) is 12.2. The number of H-pyrrole nitrogens is 1. The van der Waals surface area contributed by atoms with Crippen molar-refractivity contribution >= 4 is 57.5 Å². The lowest BCUT2D eigenvalue weighted by molar-refractivity contribution is -0.386. The van der Waals surface area contributed by atoms with Crippen LogP contribution >= 0.6 is 0 Å².